The number of hydrogen-bond acceptors (Lipinski definition) is 12. The summed E-state index contributed by atoms with van der Waals surface area (Å²) < 4.78 is 0. The number of nitrogens with one attached hydrogen (secondary N) is 6. The molecule has 0 rings (SSSR count). The summed E-state index contributed by atoms with van der Waals surface area (Å²) >= 11 is 0. The van der Waals surface area contributed by atoms with E-state index < -0.39 is 47.9 Å². The van der Waals surface area contributed by atoms with Crippen LogP contribution >= 0.6 is 0 Å². The summed E-state index contributed by atoms with van der Waals surface area (Å²) in [6, 6.07) is -3.69. The lowest BCUT2D eigenvalue weighted by molar-refractivity contribution is -0.255. The van der Waals surface area contributed by atoms with Crippen molar-refractivity contribution in [3.63, 3.8) is 0 Å². The van der Waals surface area contributed by atoms with E-state index in [4.69, 9.17) is 0 Å². The molecule has 5 unspecified atom stereocenters. The Morgan fingerprint density at radius 2 is 0.846 bits per heavy atom. The monoisotopic (exact) mass is 929 g/mol. The Labute approximate surface area is 389 Å². The summed E-state index contributed by atoms with van der Waals surface area (Å²) in [7, 11) is 2.46. The van der Waals surface area contributed by atoms with Gasteiger partial charge in [-0.1, -0.05) is 126 Å². The molecular formula is C47H88N6O12. The highest BCUT2D eigenvalue weighted by Gasteiger charge is 2.33. The molecule has 0 aliphatic carbocycles. The molecular weight excluding hydrogens is 841 g/mol. The first-order valence-corrected chi connectivity index (χ1v) is 23.9. The molecule has 0 bridgehead atoms. The first-order chi connectivity index (χ1) is 30.7. The minimum Gasteiger partial charge on any atom is -0.352 e. The lowest BCUT2D eigenvalue weighted by Crippen LogP contribution is -2.60. The molecule has 0 heterocycles. The van der Waals surface area contributed by atoms with E-state index in [1.54, 1.807) is 20.8 Å². The van der Waals surface area contributed by atoms with Crippen molar-refractivity contribution in [2.75, 3.05) is 14.2 Å². The fourth-order valence-corrected chi connectivity index (χ4v) is 6.67. The highest BCUT2D eigenvalue weighted by atomic mass is 17.2. The van der Waals surface area contributed by atoms with Gasteiger partial charge in [-0.15, -0.1) is 0 Å². The van der Waals surface area contributed by atoms with Gasteiger partial charge in [0.2, 0.25) is 35.9 Å². The van der Waals surface area contributed by atoms with Crippen LogP contribution in [0.4, 0.5) is 0 Å². The maximum absolute atomic E-state index is 13.4. The van der Waals surface area contributed by atoms with Crippen LogP contribution in [0.1, 0.15) is 185 Å². The van der Waals surface area contributed by atoms with E-state index in [2.05, 4.69) is 58.4 Å². The lowest BCUT2D eigenvalue weighted by atomic mass is 9.97. The van der Waals surface area contributed by atoms with E-state index in [9.17, 15) is 38.4 Å². The van der Waals surface area contributed by atoms with Crippen LogP contribution in [0.3, 0.4) is 0 Å². The maximum atomic E-state index is 13.4. The van der Waals surface area contributed by atoms with Crippen molar-refractivity contribution in [1.82, 2.24) is 31.9 Å². The second-order valence-corrected chi connectivity index (χ2v) is 18.0. The van der Waals surface area contributed by atoms with Crippen LogP contribution in [0.15, 0.2) is 0 Å². The molecule has 6 amide bonds. The van der Waals surface area contributed by atoms with Crippen LogP contribution in [0.25, 0.3) is 0 Å². The standard InChI is InChI=1S/C37H70N4O7.C10H18N2O5/c1-10-11-12-13-14-15-16-17-18-19-20-21-22-23-30(42)39-32(26(2)3)36(45)41-34(28(6)7)37(46)40-33(27(4)5)35(44)38-29(8)24-25-31(43)48-47-9;1-7(2)12-10(15)8(11-6-13)4-5-9(14)17-16-3/h26-29,32-34H,10-25H2,1-9H3,(H,38,44)(H,39,42)(H,40,46)(H,41,45);6-8H,4-5H2,1-3H3,(H,11,13)(H,12,15). The third-order valence-electron chi connectivity index (χ3n) is 10.4. The smallest absolute Gasteiger partial charge is 0.342 e. The zero-order valence-electron chi connectivity index (χ0n) is 41.9. The molecule has 0 radical (unpaired) electrons. The van der Waals surface area contributed by atoms with Gasteiger partial charge in [0.05, 0.1) is 27.1 Å². The number of rotatable bonds is 36. The minimum absolute atomic E-state index is 0.0230. The van der Waals surface area contributed by atoms with Gasteiger partial charge in [0.1, 0.15) is 24.2 Å². The van der Waals surface area contributed by atoms with Crippen LogP contribution < -0.4 is 31.9 Å². The molecule has 18 nitrogen and oxygen atoms in total. The summed E-state index contributed by atoms with van der Waals surface area (Å²) in [4.78, 5) is 114. The predicted molar refractivity (Wildman–Crippen MR) is 249 cm³/mol. The third-order valence-corrected chi connectivity index (χ3v) is 10.4. The molecule has 0 aromatic rings. The number of carbonyl (C=O) groups is 8. The van der Waals surface area contributed by atoms with E-state index in [0.29, 0.717) is 19.3 Å². The van der Waals surface area contributed by atoms with Crippen molar-refractivity contribution in [3.05, 3.63) is 0 Å². The number of amides is 6. The van der Waals surface area contributed by atoms with E-state index in [1.807, 2.05) is 41.5 Å². The van der Waals surface area contributed by atoms with Crippen LogP contribution in [0.2, 0.25) is 0 Å². The third kappa shape index (κ3) is 32.9. The Morgan fingerprint density at radius 3 is 1.23 bits per heavy atom. The zero-order valence-corrected chi connectivity index (χ0v) is 41.9. The summed E-state index contributed by atoms with van der Waals surface area (Å²) in [5.74, 6) is -3.64. The number of carbonyl (C=O) groups excluding carboxylic acids is 8. The van der Waals surface area contributed by atoms with Gasteiger partial charge in [-0.2, -0.15) is 9.78 Å². The second kappa shape index (κ2) is 38.9. The molecule has 0 fully saturated rings. The van der Waals surface area contributed by atoms with Crippen molar-refractivity contribution in [1.29, 1.82) is 0 Å². The van der Waals surface area contributed by atoms with Crippen molar-refractivity contribution in [2.45, 2.75) is 221 Å². The van der Waals surface area contributed by atoms with Crippen LogP contribution in [-0.4, -0.2) is 98.4 Å². The Balaban J connectivity index is 0. The average Bonchev–Trinajstić information content (AvgIpc) is 3.23. The topological polar surface area (TPSA) is 246 Å². The molecule has 0 aromatic heterocycles. The summed E-state index contributed by atoms with van der Waals surface area (Å²) in [5, 5.41) is 16.3. The average molecular weight is 929 g/mol. The quantitative estimate of drug-likeness (QED) is 0.0189. The van der Waals surface area contributed by atoms with Crippen LogP contribution in [0, 0.1) is 17.8 Å². The second-order valence-electron chi connectivity index (χ2n) is 18.0. The zero-order chi connectivity index (χ0) is 49.7. The predicted octanol–water partition coefficient (Wildman–Crippen LogP) is 5.79. The molecule has 0 spiro atoms. The first kappa shape index (κ1) is 62.8. The molecule has 6 N–H and O–H groups in total. The molecule has 378 valence electrons. The minimum atomic E-state index is -0.910. The van der Waals surface area contributed by atoms with Crippen molar-refractivity contribution < 1.29 is 57.9 Å². The Kier molecular flexibility index (Phi) is 37.6. The van der Waals surface area contributed by atoms with Gasteiger partial charge in [-0.05, 0) is 57.8 Å². The Hall–Kier alpha value is -4.32. The van der Waals surface area contributed by atoms with Gasteiger partial charge in [-0.25, -0.2) is 9.59 Å². The molecule has 0 saturated carbocycles. The van der Waals surface area contributed by atoms with Crippen molar-refractivity contribution in [2.24, 2.45) is 17.8 Å². The van der Waals surface area contributed by atoms with E-state index >= 15 is 0 Å². The number of hydrogen-bond donors (Lipinski definition) is 6. The van der Waals surface area contributed by atoms with Crippen LogP contribution in [-0.2, 0) is 57.9 Å². The Bertz CT molecular complexity index is 1360. The van der Waals surface area contributed by atoms with Gasteiger partial charge >= 0.3 is 11.9 Å². The number of unbranched alkanes of at least 4 members (excludes halogenated alkanes) is 12. The van der Waals surface area contributed by atoms with Gasteiger partial charge in [-0.3, -0.25) is 38.5 Å². The summed E-state index contributed by atoms with van der Waals surface area (Å²) in [6.07, 6.45) is 17.3. The van der Waals surface area contributed by atoms with Crippen LogP contribution in [0.5, 0.6) is 0 Å². The summed E-state index contributed by atoms with van der Waals surface area (Å²) in [5.41, 5.74) is 0. The van der Waals surface area contributed by atoms with Gasteiger partial charge in [0, 0.05) is 18.5 Å². The van der Waals surface area contributed by atoms with E-state index in [-0.39, 0.29) is 66.8 Å². The molecule has 65 heavy (non-hydrogen) atoms. The van der Waals surface area contributed by atoms with E-state index in [1.165, 1.54) is 78.4 Å². The summed E-state index contributed by atoms with van der Waals surface area (Å²) in [6.45, 7) is 18.6. The van der Waals surface area contributed by atoms with Gasteiger partial charge in [0.15, 0.2) is 0 Å². The van der Waals surface area contributed by atoms with E-state index in [0.717, 1.165) is 19.3 Å². The molecule has 0 aliphatic heterocycles. The Morgan fingerprint density at radius 1 is 0.462 bits per heavy atom. The lowest BCUT2D eigenvalue weighted by Gasteiger charge is -2.30. The molecule has 18 heteroatoms. The molecule has 0 aromatic carbocycles. The van der Waals surface area contributed by atoms with Gasteiger partial charge in [0.25, 0.3) is 0 Å². The first-order valence-electron chi connectivity index (χ1n) is 23.9. The highest BCUT2D eigenvalue weighted by molar-refractivity contribution is 5.94. The normalized spacial score (nSPS) is 13.4. The molecule has 0 aliphatic rings. The SMILES string of the molecule is CCCCCCCCCCCCCCCC(=O)NC(C(=O)NC(C(=O)NC(C(=O)NC(C)CCC(=O)OOC)C(C)C)C(C)C)C(C)C.COOC(=O)CCC(NC=O)C(=O)NC(C)C. The maximum Gasteiger partial charge on any atom is 0.342 e. The van der Waals surface area contributed by atoms with Gasteiger partial charge < -0.3 is 31.9 Å². The van der Waals surface area contributed by atoms with Crippen molar-refractivity contribution in [3.8, 4) is 0 Å². The molecule has 0 saturated heterocycles. The fraction of sp³-hybridized carbons (Fsp3) is 0.830. The molecule has 5 atom stereocenters. The van der Waals surface area contributed by atoms with Crippen molar-refractivity contribution >= 4 is 47.9 Å². The highest BCUT2D eigenvalue weighted by Crippen LogP contribution is 2.14. The largest absolute Gasteiger partial charge is 0.352 e. The fourth-order valence-electron chi connectivity index (χ4n) is 6.67.